The van der Waals surface area contributed by atoms with E-state index in [0.29, 0.717) is 12.2 Å². The SMILES string of the molecule is O=C(CN1CCC(N2CC(=O)N(c3ccccc3)C2=O)CC1)N1CCCCCC1. The molecule has 3 saturated heterocycles. The number of hydrogen-bond acceptors (Lipinski definition) is 4. The Labute approximate surface area is 172 Å². The maximum Gasteiger partial charge on any atom is 0.332 e. The minimum Gasteiger partial charge on any atom is -0.342 e. The number of benzene rings is 1. The van der Waals surface area contributed by atoms with E-state index < -0.39 is 0 Å². The summed E-state index contributed by atoms with van der Waals surface area (Å²) in [5, 5.41) is 0. The van der Waals surface area contributed by atoms with Crippen LogP contribution in [0.1, 0.15) is 38.5 Å². The van der Waals surface area contributed by atoms with Crippen LogP contribution in [0.2, 0.25) is 0 Å². The molecule has 3 aliphatic rings. The normalized spacial score (nSPS) is 22.3. The van der Waals surface area contributed by atoms with Crippen LogP contribution < -0.4 is 4.90 Å². The Morgan fingerprint density at radius 1 is 0.897 bits per heavy atom. The van der Waals surface area contributed by atoms with Crippen LogP contribution in [0.3, 0.4) is 0 Å². The van der Waals surface area contributed by atoms with E-state index >= 15 is 0 Å². The fraction of sp³-hybridized carbons (Fsp3) is 0.591. The minimum atomic E-state index is -0.222. The lowest BCUT2D eigenvalue weighted by Gasteiger charge is -2.36. The zero-order valence-corrected chi connectivity index (χ0v) is 17.0. The molecule has 1 aromatic carbocycles. The number of urea groups is 1. The molecule has 3 heterocycles. The molecule has 7 heteroatoms. The zero-order valence-electron chi connectivity index (χ0n) is 17.0. The first-order chi connectivity index (χ1) is 14.1. The van der Waals surface area contributed by atoms with Crippen LogP contribution >= 0.6 is 0 Å². The van der Waals surface area contributed by atoms with Crippen molar-refractivity contribution in [2.24, 2.45) is 0 Å². The van der Waals surface area contributed by atoms with Crippen LogP contribution in [0, 0.1) is 0 Å². The van der Waals surface area contributed by atoms with Crippen molar-refractivity contribution in [1.29, 1.82) is 0 Å². The van der Waals surface area contributed by atoms with Crippen LogP contribution in [0.4, 0.5) is 10.5 Å². The van der Waals surface area contributed by atoms with E-state index in [9.17, 15) is 14.4 Å². The van der Waals surface area contributed by atoms with Gasteiger partial charge >= 0.3 is 6.03 Å². The molecule has 0 aliphatic carbocycles. The van der Waals surface area contributed by atoms with Crippen molar-refractivity contribution in [3.8, 4) is 0 Å². The van der Waals surface area contributed by atoms with E-state index in [-0.39, 0.29) is 30.4 Å². The Bertz CT molecular complexity index is 738. The molecule has 156 valence electrons. The maximum atomic E-state index is 12.9. The van der Waals surface area contributed by atoms with Gasteiger partial charge < -0.3 is 9.80 Å². The number of piperidine rings is 1. The van der Waals surface area contributed by atoms with Crippen LogP contribution in [-0.2, 0) is 9.59 Å². The molecule has 0 atom stereocenters. The molecule has 0 spiro atoms. The third kappa shape index (κ3) is 4.45. The lowest BCUT2D eigenvalue weighted by molar-refractivity contribution is -0.132. The van der Waals surface area contributed by atoms with Gasteiger partial charge in [0.25, 0.3) is 5.91 Å². The summed E-state index contributed by atoms with van der Waals surface area (Å²) in [5.41, 5.74) is 0.630. The summed E-state index contributed by atoms with van der Waals surface area (Å²) in [6.45, 7) is 3.95. The fourth-order valence-corrected chi connectivity index (χ4v) is 4.64. The quantitative estimate of drug-likeness (QED) is 0.731. The first-order valence-corrected chi connectivity index (χ1v) is 10.8. The Kier molecular flexibility index (Phi) is 6.13. The molecule has 4 amide bonds. The maximum absolute atomic E-state index is 12.9. The molecular formula is C22H30N4O3. The predicted octanol–water partition coefficient (Wildman–Crippen LogP) is 2.32. The van der Waals surface area contributed by atoms with Gasteiger partial charge in [0, 0.05) is 32.2 Å². The van der Waals surface area contributed by atoms with Gasteiger partial charge in [-0.1, -0.05) is 31.0 Å². The van der Waals surface area contributed by atoms with Crippen molar-refractivity contribution in [3.05, 3.63) is 30.3 Å². The van der Waals surface area contributed by atoms with Crippen LogP contribution in [0.5, 0.6) is 0 Å². The van der Waals surface area contributed by atoms with Crippen molar-refractivity contribution >= 4 is 23.5 Å². The van der Waals surface area contributed by atoms with Crippen LogP contribution in [0.15, 0.2) is 30.3 Å². The average Bonchev–Trinajstić information content (AvgIpc) is 2.92. The van der Waals surface area contributed by atoms with Gasteiger partial charge in [-0.25, -0.2) is 9.69 Å². The molecule has 0 bridgehead atoms. The van der Waals surface area contributed by atoms with E-state index in [1.54, 1.807) is 17.0 Å². The number of anilines is 1. The number of nitrogens with zero attached hydrogens (tertiary/aromatic N) is 4. The molecule has 29 heavy (non-hydrogen) atoms. The molecule has 0 saturated carbocycles. The van der Waals surface area contributed by atoms with Gasteiger partial charge in [0.05, 0.1) is 12.2 Å². The summed E-state index contributed by atoms with van der Waals surface area (Å²) in [6, 6.07) is 8.95. The van der Waals surface area contributed by atoms with Gasteiger partial charge in [0.2, 0.25) is 5.91 Å². The number of carbonyl (C=O) groups is 3. The second kappa shape index (κ2) is 8.95. The lowest BCUT2D eigenvalue weighted by atomic mass is 10.0. The summed E-state index contributed by atoms with van der Waals surface area (Å²) in [4.78, 5) is 45.2. The number of hydrogen-bond donors (Lipinski definition) is 0. The summed E-state index contributed by atoms with van der Waals surface area (Å²) in [6.07, 6.45) is 6.26. The van der Waals surface area contributed by atoms with Crippen LogP contribution in [-0.4, -0.2) is 77.9 Å². The summed E-state index contributed by atoms with van der Waals surface area (Å²) in [5.74, 6) is 0.0630. The van der Waals surface area contributed by atoms with Gasteiger partial charge in [-0.2, -0.15) is 0 Å². The van der Waals surface area contributed by atoms with Crippen LogP contribution in [0.25, 0.3) is 0 Å². The largest absolute Gasteiger partial charge is 0.342 e. The molecular weight excluding hydrogens is 368 g/mol. The highest BCUT2D eigenvalue weighted by atomic mass is 16.2. The number of para-hydroxylation sites is 1. The first kappa shape index (κ1) is 19.9. The number of likely N-dealkylation sites (tertiary alicyclic amines) is 2. The smallest absolute Gasteiger partial charge is 0.332 e. The Balaban J connectivity index is 1.30. The van der Waals surface area contributed by atoms with Crippen molar-refractivity contribution in [2.75, 3.05) is 44.2 Å². The second-order valence-corrected chi connectivity index (χ2v) is 8.28. The second-order valence-electron chi connectivity index (χ2n) is 8.28. The molecule has 3 aliphatic heterocycles. The average molecular weight is 399 g/mol. The summed E-state index contributed by atoms with van der Waals surface area (Å²) >= 11 is 0. The van der Waals surface area contributed by atoms with Gasteiger partial charge in [-0.3, -0.25) is 14.5 Å². The molecule has 0 aromatic heterocycles. The zero-order chi connectivity index (χ0) is 20.2. The third-order valence-electron chi connectivity index (χ3n) is 6.32. The van der Waals surface area contributed by atoms with Gasteiger partial charge in [-0.05, 0) is 37.8 Å². The lowest BCUT2D eigenvalue weighted by Crippen LogP contribution is -2.49. The molecule has 4 rings (SSSR count). The molecule has 0 N–H and O–H groups in total. The third-order valence-corrected chi connectivity index (χ3v) is 6.32. The topological polar surface area (TPSA) is 64.2 Å². The van der Waals surface area contributed by atoms with Gasteiger partial charge in [0.15, 0.2) is 0 Å². The van der Waals surface area contributed by atoms with Crippen molar-refractivity contribution in [3.63, 3.8) is 0 Å². The predicted molar refractivity (Wildman–Crippen MR) is 111 cm³/mol. The Hall–Kier alpha value is -2.41. The summed E-state index contributed by atoms with van der Waals surface area (Å²) < 4.78 is 0. The minimum absolute atomic E-state index is 0.0599. The molecule has 1 aromatic rings. The van der Waals surface area contributed by atoms with Crippen molar-refractivity contribution < 1.29 is 14.4 Å². The molecule has 0 radical (unpaired) electrons. The standard InChI is InChI=1S/C22H30N4O3/c27-20(24-12-6-1-2-7-13-24)16-23-14-10-18(11-15-23)25-17-21(28)26(22(25)29)19-8-4-3-5-9-19/h3-5,8-9,18H,1-2,6-7,10-17H2. The number of amides is 4. The molecule has 3 fully saturated rings. The van der Waals surface area contributed by atoms with Gasteiger partial charge in [-0.15, -0.1) is 0 Å². The Morgan fingerprint density at radius 2 is 1.55 bits per heavy atom. The highest BCUT2D eigenvalue weighted by molar-refractivity contribution is 6.19. The number of rotatable bonds is 4. The highest BCUT2D eigenvalue weighted by Gasteiger charge is 2.41. The fourth-order valence-electron chi connectivity index (χ4n) is 4.64. The van der Waals surface area contributed by atoms with E-state index in [1.807, 2.05) is 23.1 Å². The van der Waals surface area contributed by atoms with Crippen molar-refractivity contribution in [2.45, 2.75) is 44.6 Å². The van der Waals surface area contributed by atoms with E-state index in [4.69, 9.17) is 0 Å². The summed E-state index contributed by atoms with van der Waals surface area (Å²) in [7, 11) is 0. The Morgan fingerprint density at radius 3 is 2.21 bits per heavy atom. The van der Waals surface area contributed by atoms with E-state index in [2.05, 4.69) is 4.90 Å². The molecule has 0 unspecified atom stereocenters. The highest BCUT2D eigenvalue weighted by Crippen LogP contribution is 2.26. The monoisotopic (exact) mass is 398 g/mol. The number of carbonyl (C=O) groups excluding carboxylic acids is 3. The van der Waals surface area contributed by atoms with Gasteiger partial charge in [0.1, 0.15) is 6.54 Å². The van der Waals surface area contributed by atoms with E-state index in [0.717, 1.165) is 51.9 Å². The number of imide groups is 1. The molecule has 7 nitrogen and oxygen atoms in total. The van der Waals surface area contributed by atoms with E-state index in [1.165, 1.54) is 17.7 Å². The first-order valence-electron chi connectivity index (χ1n) is 10.8. The van der Waals surface area contributed by atoms with Crippen molar-refractivity contribution in [1.82, 2.24) is 14.7 Å².